The van der Waals surface area contributed by atoms with Gasteiger partial charge in [0.05, 0.1) is 5.92 Å². The van der Waals surface area contributed by atoms with Crippen LogP contribution in [0.3, 0.4) is 0 Å². The van der Waals surface area contributed by atoms with Gasteiger partial charge in [-0.1, -0.05) is 75.7 Å². The molecule has 3 atom stereocenters. The number of aliphatic carboxylic acids is 1. The molecular weight excluding hydrogens is 444 g/mol. The van der Waals surface area contributed by atoms with E-state index in [0.717, 1.165) is 35.1 Å². The summed E-state index contributed by atoms with van der Waals surface area (Å²) >= 11 is 0. The van der Waals surface area contributed by atoms with Crippen LogP contribution in [0.2, 0.25) is 0 Å². The van der Waals surface area contributed by atoms with Crippen molar-refractivity contribution in [3.63, 3.8) is 0 Å². The van der Waals surface area contributed by atoms with Gasteiger partial charge in [0, 0.05) is 12.0 Å². The zero-order valence-electron chi connectivity index (χ0n) is 20.5. The fourth-order valence-electron chi connectivity index (χ4n) is 5.26. The minimum Gasteiger partial charge on any atom is -0.481 e. The normalized spacial score (nSPS) is 20.3. The number of carboxylic acid groups (broad SMARTS) is 1. The van der Waals surface area contributed by atoms with E-state index in [0.29, 0.717) is 12.8 Å². The molecule has 1 fully saturated rings. The molecule has 0 bridgehead atoms. The second-order valence-electron chi connectivity index (χ2n) is 10.7. The number of carboxylic acids is 1. The lowest BCUT2D eigenvalue weighted by atomic mass is 9.83. The SMILES string of the molecule is CC(C)(C)[C@@H](NC(=O)OCC1c2ccccc2-c2ccccc21)C(=O)N[C@@H]1CCC[C@H](C(=O)O)C1. The molecule has 0 aromatic heterocycles. The Balaban J connectivity index is 1.40. The molecule has 2 aliphatic carbocycles. The van der Waals surface area contributed by atoms with Gasteiger partial charge in [-0.15, -0.1) is 0 Å². The van der Waals surface area contributed by atoms with Gasteiger partial charge in [-0.2, -0.15) is 0 Å². The van der Waals surface area contributed by atoms with E-state index in [1.165, 1.54) is 0 Å². The molecule has 2 aliphatic rings. The maximum Gasteiger partial charge on any atom is 0.407 e. The van der Waals surface area contributed by atoms with E-state index in [-0.39, 0.29) is 24.5 Å². The number of hydrogen-bond donors (Lipinski definition) is 3. The fourth-order valence-corrected chi connectivity index (χ4v) is 5.26. The number of alkyl carbamates (subject to hydrolysis) is 1. The highest BCUT2D eigenvalue weighted by molar-refractivity contribution is 5.87. The second kappa shape index (κ2) is 10.1. The van der Waals surface area contributed by atoms with Crippen LogP contribution >= 0.6 is 0 Å². The van der Waals surface area contributed by atoms with E-state index in [1.807, 2.05) is 45.0 Å². The predicted molar refractivity (Wildman–Crippen MR) is 133 cm³/mol. The fraction of sp³-hybridized carbons (Fsp3) is 0.464. The summed E-state index contributed by atoms with van der Waals surface area (Å²) in [7, 11) is 0. The van der Waals surface area contributed by atoms with E-state index in [1.54, 1.807) is 0 Å². The van der Waals surface area contributed by atoms with Gasteiger partial charge in [0.2, 0.25) is 5.91 Å². The lowest BCUT2D eigenvalue weighted by Crippen LogP contribution is -2.56. The summed E-state index contributed by atoms with van der Waals surface area (Å²) in [4.78, 5) is 37.3. The minimum absolute atomic E-state index is 0.0646. The first-order valence-corrected chi connectivity index (χ1v) is 12.3. The Morgan fingerprint density at radius 2 is 1.60 bits per heavy atom. The molecule has 0 aliphatic heterocycles. The third-order valence-electron chi connectivity index (χ3n) is 7.10. The molecule has 7 heteroatoms. The van der Waals surface area contributed by atoms with Crippen LogP contribution in [0, 0.1) is 11.3 Å². The number of benzene rings is 2. The molecule has 7 nitrogen and oxygen atoms in total. The summed E-state index contributed by atoms with van der Waals surface area (Å²) in [5, 5.41) is 15.1. The smallest absolute Gasteiger partial charge is 0.407 e. The minimum atomic E-state index is -0.826. The average Bonchev–Trinajstić information content (AvgIpc) is 3.14. The summed E-state index contributed by atoms with van der Waals surface area (Å²) < 4.78 is 5.65. The molecule has 0 saturated heterocycles. The largest absolute Gasteiger partial charge is 0.481 e. The molecule has 0 radical (unpaired) electrons. The first kappa shape index (κ1) is 24.8. The molecule has 35 heavy (non-hydrogen) atoms. The summed E-state index contributed by atoms with van der Waals surface area (Å²) in [6, 6.07) is 15.2. The van der Waals surface area contributed by atoms with Gasteiger partial charge in [-0.3, -0.25) is 9.59 Å². The Hall–Kier alpha value is -3.35. The predicted octanol–water partition coefficient (Wildman–Crippen LogP) is 4.70. The van der Waals surface area contributed by atoms with Crippen molar-refractivity contribution in [2.24, 2.45) is 11.3 Å². The Morgan fingerprint density at radius 3 is 2.17 bits per heavy atom. The topological polar surface area (TPSA) is 105 Å². The highest BCUT2D eigenvalue weighted by Crippen LogP contribution is 2.44. The second-order valence-corrected chi connectivity index (χ2v) is 10.7. The highest BCUT2D eigenvalue weighted by Gasteiger charge is 2.36. The van der Waals surface area contributed by atoms with Crippen molar-refractivity contribution in [2.75, 3.05) is 6.61 Å². The molecule has 2 aromatic carbocycles. The Bertz CT molecular complexity index is 1060. The van der Waals surface area contributed by atoms with Crippen molar-refractivity contribution in [3.8, 4) is 11.1 Å². The number of amides is 2. The van der Waals surface area contributed by atoms with Crippen molar-refractivity contribution >= 4 is 18.0 Å². The number of nitrogens with one attached hydrogen (secondary N) is 2. The molecule has 2 aromatic rings. The number of fused-ring (bicyclic) bond motifs is 3. The third-order valence-corrected chi connectivity index (χ3v) is 7.10. The van der Waals surface area contributed by atoms with Crippen LogP contribution in [0.4, 0.5) is 4.79 Å². The van der Waals surface area contributed by atoms with E-state index in [4.69, 9.17) is 4.74 Å². The number of carbonyl (C=O) groups excluding carboxylic acids is 2. The summed E-state index contributed by atoms with van der Waals surface area (Å²) in [6.45, 7) is 5.80. The van der Waals surface area contributed by atoms with Crippen molar-refractivity contribution in [2.45, 2.75) is 64.5 Å². The van der Waals surface area contributed by atoms with Crippen LogP contribution in [0.15, 0.2) is 48.5 Å². The number of hydrogen-bond acceptors (Lipinski definition) is 4. The van der Waals surface area contributed by atoms with Gasteiger partial charge in [0.25, 0.3) is 0 Å². The zero-order valence-corrected chi connectivity index (χ0v) is 20.5. The number of ether oxygens (including phenoxy) is 1. The third kappa shape index (κ3) is 5.50. The molecule has 0 unspecified atom stereocenters. The van der Waals surface area contributed by atoms with Crippen molar-refractivity contribution in [1.29, 1.82) is 0 Å². The molecule has 186 valence electrons. The van der Waals surface area contributed by atoms with Gasteiger partial charge in [0.1, 0.15) is 12.6 Å². The Labute approximate surface area is 206 Å². The molecular formula is C28H34N2O5. The van der Waals surface area contributed by atoms with Crippen molar-refractivity contribution in [3.05, 3.63) is 59.7 Å². The van der Waals surface area contributed by atoms with Crippen molar-refractivity contribution < 1.29 is 24.2 Å². The summed E-state index contributed by atoms with van der Waals surface area (Å²) in [6.07, 6.45) is 1.87. The van der Waals surface area contributed by atoms with E-state index < -0.39 is 29.4 Å². The number of carbonyl (C=O) groups is 3. The van der Waals surface area contributed by atoms with Crippen LogP contribution in [0.1, 0.15) is 63.5 Å². The molecule has 4 rings (SSSR count). The maximum atomic E-state index is 13.1. The molecule has 1 saturated carbocycles. The average molecular weight is 479 g/mol. The standard InChI is InChI=1S/C28H34N2O5/c1-28(2,3)24(25(31)29-18-10-8-9-17(15-18)26(32)33)30-27(34)35-16-23-21-13-6-4-11-19(21)20-12-5-7-14-22(20)23/h4-7,11-14,17-18,23-24H,8-10,15-16H2,1-3H3,(H,29,31)(H,30,34)(H,32,33)/t17-,18+,24-/m0/s1. The van der Waals surface area contributed by atoms with E-state index in [2.05, 4.69) is 34.9 Å². The lowest BCUT2D eigenvalue weighted by molar-refractivity contribution is -0.143. The highest BCUT2D eigenvalue weighted by atomic mass is 16.5. The first-order valence-electron chi connectivity index (χ1n) is 12.3. The van der Waals surface area contributed by atoms with Gasteiger partial charge >= 0.3 is 12.1 Å². The Kier molecular flexibility index (Phi) is 7.15. The Morgan fingerprint density at radius 1 is 1.00 bits per heavy atom. The first-order chi connectivity index (χ1) is 16.6. The maximum absolute atomic E-state index is 13.1. The van der Waals surface area contributed by atoms with Gasteiger partial charge < -0.3 is 20.5 Å². The quantitative estimate of drug-likeness (QED) is 0.558. The van der Waals surface area contributed by atoms with E-state index >= 15 is 0 Å². The summed E-state index contributed by atoms with van der Waals surface area (Å²) in [5.74, 6) is -1.65. The lowest BCUT2D eigenvalue weighted by Gasteiger charge is -2.33. The zero-order chi connectivity index (χ0) is 25.2. The van der Waals surface area contributed by atoms with Gasteiger partial charge in [0.15, 0.2) is 0 Å². The van der Waals surface area contributed by atoms with Crippen LogP contribution in [0.25, 0.3) is 11.1 Å². The van der Waals surface area contributed by atoms with Crippen LogP contribution < -0.4 is 10.6 Å². The van der Waals surface area contributed by atoms with Crippen molar-refractivity contribution in [1.82, 2.24) is 10.6 Å². The monoisotopic (exact) mass is 478 g/mol. The van der Waals surface area contributed by atoms with Crippen LogP contribution in [0.5, 0.6) is 0 Å². The number of rotatable bonds is 6. The van der Waals surface area contributed by atoms with Crippen LogP contribution in [-0.2, 0) is 14.3 Å². The molecule has 0 spiro atoms. The van der Waals surface area contributed by atoms with Crippen LogP contribution in [-0.4, -0.2) is 41.8 Å². The van der Waals surface area contributed by atoms with Gasteiger partial charge in [-0.05, 0) is 46.9 Å². The van der Waals surface area contributed by atoms with E-state index in [9.17, 15) is 19.5 Å². The summed E-state index contributed by atoms with van der Waals surface area (Å²) in [5.41, 5.74) is 3.98. The molecule has 0 heterocycles. The molecule has 3 N–H and O–H groups in total. The van der Waals surface area contributed by atoms with Gasteiger partial charge in [-0.25, -0.2) is 4.79 Å². The molecule has 2 amide bonds.